The maximum Gasteiger partial charge on any atom is 0.439 e. The van der Waals surface area contributed by atoms with Gasteiger partial charge in [-0.2, -0.15) is 0 Å². The van der Waals surface area contributed by atoms with Crippen LogP contribution in [0.15, 0.2) is 82.4 Å². The molecule has 0 amide bonds. The van der Waals surface area contributed by atoms with Crippen LogP contribution in [0, 0.1) is 5.82 Å². The lowest BCUT2D eigenvalue weighted by atomic mass is 10.0. The summed E-state index contributed by atoms with van der Waals surface area (Å²) in [6.07, 6.45) is 1.74. The lowest BCUT2D eigenvalue weighted by Crippen LogP contribution is -1.95. The summed E-state index contributed by atoms with van der Waals surface area (Å²) >= 11 is 0. The first-order chi connectivity index (χ1) is 13.7. The summed E-state index contributed by atoms with van der Waals surface area (Å²) in [5.41, 5.74) is 5.19. The van der Waals surface area contributed by atoms with E-state index in [2.05, 4.69) is 19.6 Å². The van der Waals surface area contributed by atoms with Gasteiger partial charge < -0.3 is 0 Å². The van der Waals surface area contributed by atoms with Gasteiger partial charge in [-0.15, -0.1) is 0 Å². The first-order valence-electron chi connectivity index (χ1n) is 8.57. The monoisotopic (exact) mass is 372 g/mol. The van der Waals surface area contributed by atoms with Crippen LogP contribution in [0.3, 0.4) is 0 Å². The average Bonchev–Trinajstić information content (AvgIpc) is 3.34. The molecule has 5 rings (SSSR count). The van der Waals surface area contributed by atoms with E-state index >= 15 is 0 Å². The van der Waals surface area contributed by atoms with E-state index in [1.54, 1.807) is 18.5 Å². The Labute approximate surface area is 157 Å². The molecule has 1 N–H and O–H groups in total. The van der Waals surface area contributed by atoms with E-state index in [1.807, 2.05) is 47.0 Å². The van der Waals surface area contributed by atoms with Crippen molar-refractivity contribution < 1.29 is 8.91 Å². The average molecular weight is 372 g/mol. The summed E-state index contributed by atoms with van der Waals surface area (Å²) in [6.45, 7) is 0. The fourth-order valence-corrected chi connectivity index (χ4v) is 3.19. The summed E-state index contributed by atoms with van der Waals surface area (Å²) in [4.78, 5) is 18.2. The number of nitrogens with one attached hydrogen (secondary N) is 1. The van der Waals surface area contributed by atoms with E-state index < -0.39 is 5.76 Å². The van der Waals surface area contributed by atoms with Crippen molar-refractivity contribution in [1.82, 2.24) is 19.7 Å². The Morgan fingerprint density at radius 3 is 2.54 bits per heavy atom. The molecule has 0 aliphatic carbocycles. The number of hydrogen-bond donors (Lipinski definition) is 1. The highest BCUT2D eigenvalue weighted by molar-refractivity contribution is 5.82. The van der Waals surface area contributed by atoms with E-state index in [9.17, 15) is 9.18 Å². The lowest BCUT2D eigenvalue weighted by molar-refractivity contribution is 0.388. The molecule has 0 radical (unpaired) electrons. The maximum absolute atomic E-state index is 13.2. The number of nitrogens with zero attached hydrogens (tertiary/aromatic N) is 3. The smallest absolute Gasteiger partial charge is 0.299 e. The SMILES string of the molecule is O=c1[nH]c(-c2ccc3ncn(-c4cccc(-c5ccc(F)cc5)c4)c3c2)no1. The summed E-state index contributed by atoms with van der Waals surface area (Å²) in [6, 6.07) is 19.9. The van der Waals surface area contributed by atoms with Crippen molar-refractivity contribution in [2.75, 3.05) is 0 Å². The zero-order chi connectivity index (χ0) is 19.1. The maximum atomic E-state index is 13.2. The molecule has 136 valence electrons. The zero-order valence-electron chi connectivity index (χ0n) is 14.5. The molecule has 0 aliphatic heterocycles. The van der Waals surface area contributed by atoms with E-state index in [-0.39, 0.29) is 5.82 Å². The summed E-state index contributed by atoms with van der Waals surface area (Å²) in [7, 11) is 0. The second kappa shape index (κ2) is 6.31. The van der Waals surface area contributed by atoms with Gasteiger partial charge in [-0.1, -0.05) is 29.4 Å². The minimum absolute atomic E-state index is 0.265. The number of imidazole rings is 1. The summed E-state index contributed by atoms with van der Waals surface area (Å²) in [5, 5.41) is 3.74. The van der Waals surface area contributed by atoms with Gasteiger partial charge in [-0.25, -0.2) is 14.2 Å². The Kier molecular flexibility index (Phi) is 3.65. The Morgan fingerprint density at radius 1 is 0.929 bits per heavy atom. The van der Waals surface area contributed by atoms with Crippen LogP contribution >= 0.6 is 0 Å². The van der Waals surface area contributed by atoms with Gasteiger partial charge in [0.05, 0.1) is 11.0 Å². The Hall–Kier alpha value is -4.00. The first kappa shape index (κ1) is 16.2. The van der Waals surface area contributed by atoms with Gasteiger partial charge in [-0.05, 0) is 53.6 Å². The van der Waals surface area contributed by atoms with Crippen molar-refractivity contribution in [3.8, 4) is 28.2 Å². The topological polar surface area (TPSA) is 76.7 Å². The van der Waals surface area contributed by atoms with Crippen LogP contribution in [0.5, 0.6) is 0 Å². The second-order valence-electron chi connectivity index (χ2n) is 6.32. The van der Waals surface area contributed by atoms with E-state index in [1.165, 1.54) is 12.1 Å². The van der Waals surface area contributed by atoms with Crippen LogP contribution in [0.4, 0.5) is 4.39 Å². The molecule has 0 saturated heterocycles. The summed E-state index contributed by atoms with van der Waals surface area (Å²) in [5.74, 6) is -0.505. The molecule has 0 saturated carbocycles. The van der Waals surface area contributed by atoms with Gasteiger partial charge in [0.15, 0.2) is 5.82 Å². The molecule has 3 aromatic carbocycles. The minimum atomic E-state index is -0.601. The molecule has 2 heterocycles. The lowest BCUT2D eigenvalue weighted by Gasteiger charge is -2.08. The van der Waals surface area contributed by atoms with Crippen LogP contribution in [0.25, 0.3) is 39.2 Å². The van der Waals surface area contributed by atoms with Crippen LogP contribution in [0.2, 0.25) is 0 Å². The van der Waals surface area contributed by atoms with Crippen LogP contribution in [-0.4, -0.2) is 19.7 Å². The standard InChI is InChI=1S/C21H13FN4O2/c22-16-7-4-13(5-8-16)14-2-1-3-17(10-14)26-12-23-18-9-6-15(11-19(18)26)20-24-21(27)28-25-20/h1-12H,(H,24,25,27). The van der Waals surface area contributed by atoms with Crippen molar-refractivity contribution in [2.45, 2.75) is 0 Å². The predicted octanol–water partition coefficient (Wildman–Crippen LogP) is 4.17. The number of aromatic amines is 1. The molecule has 0 bridgehead atoms. The summed E-state index contributed by atoms with van der Waals surface area (Å²) < 4.78 is 19.8. The van der Waals surface area contributed by atoms with E-state index in [0.29, 0.717) is 5.82 Å². The number of fused-ring (bicyclic) bond motifs is 1. The highest BCUT2D eigenvalue weighted by Crippen LogP contribution is 2.26. The fraction of sp³-hybridized carbons (Fsp3) is 0. The number of benzene rings is 3. The molecular formula is C21H13FN4O2. The molecule has 0 atom stereocenters. The molecule has 7 heteroatoms. The van der Waals surface area contributed by atoms with Gasteiger partial charge in [0.2, 0.25) is 0 Å². The fourth-order valence-electron chi connectivity index (χ4n) is 3.19. The molecule has 0 fully saturated rings. The molecule has 5 aromatic rings. The molecular weight excluding hydrogens is 359 g/mol. The quantitative estimate of drug-likeness (QED) is 0.516. The normalized spacial score (nSPS) is 11.2. The highest BCUT2D eigenvalue weighted by Gasteiger charge is 2.10. The van der Waals surface area contributed by atoms with Crippen LogP contribution in [-0.2, 0) is 0 Å². The predicted molar refractivity (Wildman–Crippen MR) is 103 cm³/mol. The van der Waals surface area contributed by atoms with Crippen LogP contribution in [0.1, 0.15) is 0 Å². The molecule has 0 spiro atoms. The van der Waals surface area contributed by atoms with Crippen molar-refractivity contribution in [3.05, 3.63) is 89.4 Å². The number of rotatable bonds is 3. The van der Waals surface area contributed by atoms with Crippen molar-refractivity contribution in [2.24, 2.45) is 0 Å². The van der Waals surface area contributed by atoms with Gasteiger partial charge in [0.25, 0.3) is 0 Å². The van der Waals surface area contributed by atoms with Gasteiger partial charge in [-0.3, -0.25) is 14.1 Å². The Bertz CT molecular complexity index is 1350. The third kappa shape index (κ3) is 2.79. The third-order valence-corrected chi connectivity index (χ3v) is 4.56. The number of H-pyrrole nitrogens is 1. The minimum Gasteiger partial charge on any atom is -0.299 e. The van der Waals surface area contributed by atoms with Crippen molar-refractivity contribution >= 4 is 11.0 Å². The highest BCUT2D eigenvalue weighted by atomic mass is 19.1. The van der Waals surface area contributed by atoms with Crippen molar-refractivity contribution in [1.29, 1.82) is 0 Å². The van der Waals surface area contributed by atoms with E-state index in [4.69, 9.17) is 0 Å². The van der Waals surface area contributed by atoms with Gasteiger partial charge in [0.1, 0.15) is 12.1 Å². The number of halogens is 1. The molecule has 2 aromatic heterocycles. The Morgan fingerprint density at radius 2 is 1.75 bits per heavy atom. The molecule has 0 aliphatic rings. The molecule has 0 unspecified atom stereocenters. The molecule has 6 nitrogen and oxygen atoms in total. The van der Waals surface area contributed by atoms with E-state index in [0.717, 1.165) is 33.4 Å². The van der Waals surface area contributed by atoms with Crippen molar-refractivity contribution in [3.63, 3.8) is 0 Å². The second-order valence-corrected chi connectivity index (χ2v) is 6.32. The Balaban J connectivity index is 1.62. The van der Waals surface area contributed by atoms with Crippen LogP contribution < -0.4 is 5.76 Å². The zero-order valence-corrected chi connectivity index (χ0v) is 14.5. The van der Waals surface area contributed by atoms with Gasteiger partial charge >= 0.3 is 5.76 Å². The van der Waals surface area contributed by atoms with Gasteiger partial charge in [0, 0.05) is 11.3 Å². The third-order valence-electron chi connectivity index (χ3n) is 4.56. The number of aromatic nitrogens is 4. The largest absolute Gasteiger partial charge is 0.439 e. The first-order valence-corrected chi connectivity index (χ1v) is 8.57. The number of hydrogen-bond acceptors (Lipinski definition) is 4. The molecule has 28 heavy (non-hydrogen) atoms.